The predicted molar refractivity (Wildman–Crippen MR) is 104 cm³/mol. The number of rotatable bonds is 5. The van der Waals surface area contributed by atoms with Gasteiger partial charge in [-0.05, 0) is 25.0 Å². The van der Waals surface area contributed by atoms with E-state index >= 15 is 0 Å². The molecule has 3 heterocycles. The Hall–Kier alpha value is -3.01. The summed E-state index contributed by atoms with van der Waals surface area (Å²) in [5.74, 6) is 0.668. The Morgan fingerprint density at radius 2 is 2.03 bits per heavy atom. The zero-order valence-electron chi connectivity index (χ0n) is 16.3. The van der Waals surface area contributed by atoms with Gasteiger partial charge in [0.2, 0.25) is 0 Å². The van der Waals surface area contributed by atoms with Crippen LogP contribution >= 0.6 is 0 Å². The number of aromatic nitrogens is 4. The summed E-state index contributed by atoms with van der Waals surface area (Å²) in [6.45, 7) is 1.11. The molecular weight excluding hydrogens is 399 g/mol. The summed E-state index contributed by atoms with van der Waals surface area (Å²) in [4.78, 5) is 27.0. The summed E-state index contributed by atoms with van der Waals surface area (Å²) < 4.78 is 46.1. The fraction of sp³-hybridized carbons (Fsp3) is 0.400. The van der Waals surface area contributed by atoms with Crippen molar-refractivity contribution in [2.75, 3.05) is 25.2 Å². The Balaban J connectivity index is 1.82. The quantitative estimate of drug-likeness (QED) is 0.633. The highest BCUT2D eigenvalue weighted by molar-refractivity contribution is 5.77. The summed E-state index contributed by atoms with van der Waals surface area (Å²) in [5.41, 5.74) is -0.642. The monoisotopic (exact) mass is 419 g/mol. The molecule has 0 spiro atoms. The summed E-state index contributed by atoms with van der Waals surface area (Å²) in [5, 5.41) is 0.489. The first-order chi connectivity index (χ1) is 14.4. The number of hydrogen-bond acceptors (Lipinski definition) is 6. The molecule has 10 heteroatoms. The number of ether oxygens (including phenoxy) is 1. The van der Waals surface area contributed by atoms with Gasteiger partial charge < -0.3 is 9.64 Å². The van der Waals surface area contributed by atoms with E-state index in [-0.39, 0.29) is 17.4 Å². The zero-order valence-corrected chi connectivity index (χ0v) is 16.3. The Morgan fingerprint density at radius 1 is 1.23 bits per heavy atom. The molecule has 30 heavy (non-hydrogen) atoms. The van der Waals surface area contributed by atoms with E-state index in [1.54, 1.807) is 40.8 Å². The van der Waals surface area contributed by atoms with Gasteiger partial charge in [0, 0.05) is 19.7 Å². The SMILES string of the molecule is COCCn1c(C2CCCN2c2cc(C(F)(F)F)ncn2)nc2ccccc2c1=O. The van der Waals surface area contributed by atoms with Gasteiger partial charge in [-0.2, -0.15) is 13.2 Å². The van der Waals surface area contributed by atoms with E-state index in [2.05, 4.69) is 9.97 Å². The Bertz CT molecular complexity index is 1120. The highest BCUT2D eigenvalue weighted by atomic mass is 19.4. The third-order valence-electron chi connectivity index (χ3n) is 5.20. The van der Waals surface area contributed by atoms with Crippen LogP contribution in [0.25, 0.3) is 10.9 Å². The molecule has 1 aromatic carbocycles. The van der Waals surface area contributed by atoms with Crippen LogP contribution in [-0.4, -0.2) is 39.8 Å². The van der Waals surface area contributed by atoms with Crippen LogP contribution in [0.15, 0.2) is 41.5 Å². The maximum absolute atomic E-state index is 13.1. The molecule has 3 aromatic rings. The standard InChI is InChI=1S/C20H20F3N5O2/c1-30-10-9-28-18(26-14-6-3-2-5-13(14)19(28)29)15-7-4-8-27(15)17-11-16(20(21,22)23)24-12-25-17/h2-3,5-6,11-12,15H,4,7-10H2,1H3. The van der Waals surface area contributed by atoms with E-state index in [0.717, 1.165) is 18.8 Å². The van der Waals surface area contributed by atoms with E-state index < -0.39 is 11.9 Å². The fourth-order valence-corrected chi connectivity index (χ4v) is 3.81. The highest BCUT2D eigenvalue weighted by Crippen LogP contribution is 2.36. The van der Waals surface area contributed by atoms with Crippen LogP contribution in [0.4, 0.5) is 19.0 Å². The second-order valence-corrected chi connectivity index (χ2v) is 7.05. The normalized spacial score (nSPS) is 17.1. The van der Waals surface area contributed by atoms with Crippen LogP contribution in [0.2, 0.25) is 0 Å². The number of fused-ring (bicyclic) bond motifs is 1. The molecule has 1 saturated heterocycles. The molecule has 2 aromatic heterocycles. The lowest BCUT2D eigenvalue weighted by Gasteiger charge is -2.27. The van der Waals surface area contributed by atoms with Crippen molar-refractivity contribution in [3.8, 4) is 0 Å². The zero-order chi connectivity index (χ0) is 21.3. The van der Waals surface area contributed by atoms with E-state index in [1.165, 1.54) is 0 Å². The van der Waals surface area contributed by atoms with Crippen molar-refractivity contribution in [1.29, 1.82) is 0 Å². The number of benzene rings is 1. The van der Waals surface area contributed by atoms with Crippen molar-refractivity contribution >= 4 is 16.7 Å². The highest BCUT2D eigenvalue weighted by Gasteiger charge is 2.36. The smallest absolute Gasteiger partial charge is 0.383 e. The molecule has 1 aliphatic rings. The van der Waals surface area contributed by atoms with E-state index in [9.17, 15) is 18.0 Å². The number of anilines is 1. The van der Waals surface area contributed by atoms with Crippen LogP contribution in [0.3, 0.4) is 0 Å². The van der Waals surface area contributed by atoms with E-state index in [0.29, 0.717) is 42.8 Å². The molecule has 1 aliphatic heterocycles. The van der Waals surface area contributed by atoms with Gasteiger partial charge in [-0.25, -0.2) is 15.0 Å². The molecule has 0 radical (unpaired) electrons. The molecule has 158 valence electrons. The van der Waals surface area contributed by atoms with Gasteiger partial charge in [0.05, 0.1) is 30.1 Å². The number of hydrogen-bond donors (Lipinski definition) is 0. The molecule has 0 aliphatic carbocycles. The van der Waals surface area contributed by atoms with E-state index in [4.69, 9.17) is 9.72 Å². The summed E-state index contributed by atoms with van der Waals surface area (Å²) in [6, 6.07) is 7.60. The molecule has 4 rings (SSSR count). The van der Waals surface area contributed by atoms with Crippen molar-refractivity contribution in [2.24, 2.45) is 0 Å². The summed E-state index contributed by atoms with van der Waals surface area (Å²) in [6.07, 6.45) is -2.26. The number of alkyl halides is 3. The van der Waals surface area contributed by atoms with E-state index in [1.807, 2.05) is 0 Å². The van der Waals surface area contributed by atoms with Crippen LogP contribution in [0.1, 0.15) is 30.4 Å². The van der Waals surface area contributed by atoms with Gasteiger partial charge in [-0.1, -0.05) is 12.1 Å². The first-order valence-electron chi connectivity index (χ1n) is 9.54. The predicted octanol–water partition coefficient (Wildman–Crippen LogP) is 3.19. The van der Waals surface area contributed by atoms with Gasteiger partial charge in [-0.15, -0.1) is 0 Å². The summed E-state index contributed by atoms with van der Waals surface area (Å²) in [7, 11) is 1.54. The lowest BCUT2D eigenvalue weighted by atomic mass is 10.1. The van der Waals surface area contributed by atoms with Gasteiger partial charge in [0.1, 0.15) is 23.7 Å². The molecule has 1 atom stereocenters. The third-order valence-corrected chi connectivity index (χ3v) is 5.20. The van der Waals surface area contributed by atoms with Crippen LogP contribution in [-0.2, 0) is 17.5 Å². The first-order valence-corrected chi connectivity index (χ1v) is 9.54. The number of nitrogens with zero attached hydrogens (tertiary/aromatic N) is 5. The Labute approximate surface area is 170 Å². The van der Waals surface area contributed by atoms with Crippen LogP contribution < -0.4 is 10.5 Å². The second kappa shape index (κ2) is 8.02. The van der Waals surface area contributed by atoms with Crippen molar-refractivity contribution in [1.82, 2.24) is 19.5 Å². The molecule has 0 bridgehead atoms. The number of methoxy groups -OCH3 is 1. The van der Waals surface area contributed by atoms with Crippen molar-refractivity contribution < 1.29 is 17.9 Å². The first kappa shape index (κ1) is 20.3. The minimum atomic E-state index is -4.56. The van der Waals surface area contributed by atoms with Gasteiger partial charge in [0.15, 0.2) is 0 Å². The molecule has 0 saturated carbocycles. The van der Waals surface area contributed by atoms with Crippen molar-refractivity contribution in [3.05, 3.63) is 58.5 Å². The summed E-state index contributed by atoms with van der Waals surface area (Å²) >= 11 is 0. The molecule has 1 unspecified atom stereocenters. The van der Waals surface area contributed by atoms with Crippen LogP contribution in [0.5, 0.6) is 0 Å². The Morgan fingerprint density at radius 3 is 2.80 bits per heavy atom. The lowest BCUT2D eigenvalue weighted by molar-refractivity contribution is -0.141. The molecule has 0 amide bonds. The Kier molecular flexibility index (Phi) is 5.42. The average Bonchev–Trinajstić information content (AvgIpc) is 3.22. The van der Waals surface area contributed by atoms with Gasteiger partial charge >= 0.3 is 6.18 Å². The molecule has 7 nitrogen and oxygen atoms in total. The number of para-hydroxylation sites is 1. The molecule has 1 fully saturated rings. The van der Waals surface area contributed by atoms with Gasteiger partial charge in [0.25, 0.3) is 5.56 Å². The second-order valence-electron chi connectivity index (χ2n) is 7.05. The number of halogens is 3. The fourth-order valence-electron chi connectivity index (χ4n) is 3.81. The van der Waals surface area contributed by atoms with Crippen LogP contribution in [0, 0.1) is 0 Å². The maximum atomic E-state index is 13.1. The third kappa shape index (κ3) is 3.74. The molecular formula is C20H20F3N5O2. The molecule has 0 N–H and O–H groups in total. The van der Waals surface area contributed by atoms with Gasteiger partial charge in [-0.3, -0.25) is 9.36 Å². The van der Waals surface area contributed by atoms with Crippen molar-refractivity contribution in [2.45, 2.75) is 31.6 Å². The average molecular weight is 419 g/mol. The topological polar surface area (TPSA) is 73.1 Å². The maximum Gasteiger partial charge on any atom is 0.433 e. The lowest BCUT2D eigenvalue weighted by Crippen LogP contribution is -2.33. The minimum Gasteiger partial charge on any atom is -0.383 e. The largest absolute Gasteiger partial charge is 0.433 e. The minimum absolute atomic E-state index is 0.167. The van der Waals surface area contributed by atoms with Crippen molar-refractivity contribution in [3.63, 3.8) is 0 Å².